The fourth-order valence-electron chi connectivity index (χ4n) is 3.19. The van der Waals surface area contributed by atoms with Crippen LogP contribution in [0, 0.1) is 0 Å². The zero-order chi connectivity index (χ0) is 21.1. The first kappa shape index (κ1) is 20.2. The molecule has 0 bridgehead atoms. The van der Waals surface area contributed by atoms with Gasteiger partial charge in [-0.15, -0.1) is 0 Å². The summed E-state index contributed by atoms with van der Waals surface area (Å²) in [6.45, 7) is 1.20. The molecule has 1 aliphatic rings. The van der Waals surface area contributed by atoms with E-state index in [-0.39, 0.29) is 29.6 Å². The summed E-state index contributed by atoms with van der Waals surface area (Å²) in [6, 6.07) is 9.50. The minimum atomic E-state index is -3.80. The number of sulfonamides is 1. The number of nitrogens with zero attached hydrogens (tertiary/aromatic N) is 3. The van der Waals surface area contributed by atoms with Crippen LogP contribution in [0.1, 0.15) is 10.4 Å². The molecule has 0 aliphatic carbocycles. The van der Waals surface area contributed by atoms with E-state index in [4.69, 9.17) is 9.47 Å². The first-order valence-corrected chi connectivity index (χ1v) is 10.7. The molecule has 2 aromatic carbocycles. The van der Waals surface area contributed by atoms with Gasteiger partial charge in [0.2, 0.25) is 10.0 Å². The van der Waals surface area contributed by atoms with Gasteiger partial charge in [0.05, 0.1) is 31.4 Å². The summed E-state index contributed by atoms with van der Waals surface area (Å²) in [5.74, 6) is -0.178. The molecule has 1 saturated heterocycles. The maximum absolute atomic E-state index is 13.1. The lowest BCUT2D eigenvalue weighted by Gasteiger charge is -2.26. The Morgan fingerprint density at radius 3 is 2.53 bits per heavy atom. The summed E-state index contributed by atoms with van der Waals surface area (Å²) in [7, 11) is -2.39. The Morgan fingerprint density at radius 1 is 1.07 bits per heavy atom. The lowest BCUT2D eigenvalue weighted by atomic mass is 10.1. The Morgan fingerprint density at radius 2 is 1.80 bits per heavy atom. The number of carbonyl (C=O) groups excluding carboxylic acids is 1. The van der Waals surface area contributed by atoms with E-state index in [2.05, 4.69) is 15.3 Å². The molecule has 0 radical (unpaired) electrons. The Kier molecular flexibility index (Phi) is 5.62. The van der Waals surface area contributed by atoms with Gasteiger partial charge in [-0.25, -0.2) is 8.42 Å². The number of ether oxygens (including phenoxy) is 2. The molecule has 1 aromatic heterocycles. The number of anilines is 1. The molecule has 4 rings (SSSR count). The Labute approximate surface area is 173 Å². The maximum atomic E-state index is 13.1. The third kappa shape index (κ3) is 3.97. The number of benzene rings is 2. The van der Waals surface area contributed by atoms with Crippen molar-refractivity contribution in [2.75, 3.05) is 38.7 Å². The number of carbonyl (C=O) groups is 1. The average molecular weight is 428 g/mol. The Balaban J connectivity index is 1.62. The van der Waals surface area contributed by atoms with E-state index in [0.29, 0.717) is 35.5 Å². The van der Waals surface area contributed by atoms with E-state index in [9.17, 15) is 13.2 Å². The standard InChI is InChI=1S/C20H20N4O5S/c1-28-18-5-3-15(13-19(18)30(26,27)24-8-10-29-11-9-24)23-20(25)14-2-4-16-17(12-14)22-7-6-21-16/h2-7,12-13H,8-11H2,1H3,(H,23,25). The monoisotopic (exact) mass is 428 g/mol. The third-order valence-corrected chi connectivity index (χ3v) is 6.66. The Hall–Kier alpha value is -3.08. The van der Waals surface area contributed by atoms with Crippen molar-refractivity contribution in [3.05, 3.63) is 54.4 Å². The smallest absolute Gasteiger partial charge is 0.255 e. The number of rotatable bonds is 5. The molecular formula is C20H20N4O5S. The molecule has 156 valence electrons. The van der Waals surface area contributed by atoms with Crippen LogP contribution in [0.15, 0.2) is 53.7 Å². The zero-order valence-electron chi connectivity index (χ0n) is 16.2. The lowest BCUT2D eigenvalue weighted by molar-refractivity contribution is 0.0729. The molecule has 30 heavy (non-hydrogen) atoms. The molecule has 2 heterocycles. The second-order valence-electron chi connectivity index (χ2n) is 6.60. The summed E-state index contributed by atoms with van der Waals surface area (Å²) in [5, 5.41) is 2.74. The maximum Gasteiger partial charge on any atom is 0.255 e. The number of aromatic nitrogens is 2. The average Bonchev–Trinajstić information content (AvgIpc) is 2.79. The molecule has 1 N–H and O–H groups in total. The van der Waals surface area contributed by atoms with Gasteiger partial charge in [-0.2, -0.15) is 4.31 Å². The highest BCUT2D eigenvalue weighted by atomic mass is 32.2. The topological polar surface area (TPSA) is 111 Å². The number of amides is 1. The molecule has 3 aromatic rings. The highest BCUT2D eigenvalue weighted by molar-refractivity contribution is 7.89. The van der Waals surface area contributed by atoms with Gasteiger partial charge >= 0.3 is 0 Å². The van der Waals surface area contributed by atoms with Crippen LogP contribution in [0.3, 0.4) is 0 Å². The van der Waals surface area contributed by atoms with Gasteiger partial charge in [0.1, 0.15) is 10.6 Å². The van der Waals surface area contributed by atoms with Crippen LogP contribution in [0.5, 0.6) is 5.75 Å². The van der Waals surface area contributed by atoms with Crippen molar-refractivity contribution in [1.29, 1.82) is 0 Å². The number of morpholine rings is 1. The van der Waals surface area contributed by atoms with Gasteiger partial charge in [0.15, 0.2) is 0 Å². The van der Waals surface area contributed by atoms with E-state index in [0.717, 1.165) is 0 Å². The van der Waals surface area contributed by atoms with Crippen LogP contribution in [-0.2, 0) is 14.8 Å². The van der Waals surface area contributed by atoms with E-state index in [1.807, 2.05) is 0 Å². The van der Waals surface area contributed by atoms with E-state index in [1.54, 1.807) is 36.7 Å². The third-order valence-electron chi connectivity index (χ3n) is 4.74. The highest BCUT2D eigenvalue weighted by Gasteiger charge is 2.29. The molecule has 9 nitrogen and oxygen atoms in total. The fourth-order valence-corrected chi connectivity index (χ4v) is 4.78. The van der Waals surface area contributed by atoms with Crippen LogP contribution < -0.4 is 10.1 Å². The van der Waals surface area contributed by atoms with Crippen LogP contribution in [-0.4, -0.2) is 62.0 Å². The van der Waals surface area contributed by atoms with Crippen LogP contribution >= 0.6 is 0 Å². The summed E-state index contributed by atoms with van der Waals surface area (Å²) < 4.78 is 38.0. The molecular weight excluding hydrogens is 408 g/mol. The largest absolute Gasteiger partial charge is 0.495 e. The normalized spacial score (nSPS) is 15.1. The van der Waals surface area contributed by atoms with Crippen molar-refractivity contribution < 1.29 is 22.7 Å². The molecule has 0 saturated carbocycles. The second-order valence-corrected chi connectivity index (χ2v) is 8.50. The second kappa shape index (κ2) is 8.34. The Bertz CT molecular complexity index is 1190. The summed E-state index contributed by atoms with van der Waals surface area (Å²) in [4.78, 5) is 21.1. The first-order chi connectivity index (χ1) is 14.5. The van der Waals surface area contributed by atoms with Gasteiger partial charge in [0, 0.05) is 36.7 Å². The predicted molar refractivity (Wildman–Crippen MR) is 110 cm³/mol. The summed E-state index contributed by atoms with van der Waals surface area (Å²) in [5.41, 5.74) is 2.00. The predicted octanol–water partition coefficient (Wildman–Crippen LogP) is 1.91. The molecule has 1 amide bonds. The van der Waals surface area contributed by atoms with Crippen LogP contribution in [0.2, 0.25) is 0 Å². The number of fused-ring (bicyclic) bond motifs is 1. The number of nitrogens with one attached hydrogen (secondary N) is 1. The van der Waals surface area contributed by atoms with Crippen molar-refractivity contribution in [2.45, 2.75) is 4.90 Å². The quantitative estimate of drug-likeness (QED) is 0.661. The van der Waals surface area contributed by atoms with Crippen LogP contribution in [0.4, 0.5) is 5.69 Å². The van der Waals surface area contributed by atoms with Gasteiger partial charge in [-0.05, 0) is 36.4 Å². The number of hydrogen-bond acceptors (Lipinski definition) is 7. The summed E-state index contributed by atoms with van der Waals surface area (Å²) >= 11 is 0. The van der Waals surface area contributed by atoms with Crippen molar-refractivity contribution in [2.24, 2.45) is 0 Å². The molecule has 1 fully saturated rings. The fraction of sp³-hybridized carbons (Fsp3) is 0.250. The van der Waals surface area contributed by atoms with Crippen molar-refractivity contribution in [1.82, 2.24) is 14.3 Å². The van der Waals surface area contributed by atoms with Gasteiger partial charge in [-0.1, -0.05) is 0 Å². The molecule has 0 unspecified atom stereocenters. The highest BCUT2D eigenvalue weighted by Crippen LogP contribution is 2.30. The lowest BCUT2D eigenvalue weighted by Crippen LogP contribution is -2.40. The van der Waals surface area contributed by atoms with Crippen molar-refractivity contribution in [3.63, 3.8) is 0 Å². The van der Waals surface area contributed by atoms with Gasteiger partial charge < -0.3 is 14.8 Å². The minimum Gasteiger partial charge on any atom is -0.495 e. The molecule has 0 spiro atoms. The van der Waals surface area contributed by atoms with Crippen molar-refractivity contribution >= 4 is 32.7 Å². The molecule has 1 aliphatic heterocycles. The molecule has 0 atom stereocenters. The van der Waals surface area contributed by atoms with E-state index >= 15 is 0 Å². The van der Waals surface area contributed by atoms with Gasteiger partial charge in [0.25, 0.3) is 5.91 Å². The van der Waals surface area contributed by atoms with Gasteiger partial charge in [-0.3, -0.25) is 14.8 Å². The van der Waals surface area contributed by atoms with E-state index < -0.39 is 10.0 Å². The first-order valence-electron chi connectivity index (χ1n) is 9.27. The van der Waals surface area contributed by atoms with E-state index in [1.165, 1.54) is 23.5 Å². The SMILES string of the molecule is COc1ccc(NC(=O)c2ccc3nccnc3c2)cc1S(=O)(=O)N1CCOCC1. The minimum absolute atomic E-state index is 0.00548. The zero-order valence-corrected chi connectivity index (χ0v) is 17.1. The van der Waals surface area contributed by atoms with Crippen molar-refractivity contribution in [3.8, 4) is 5.75 Å². The summed E-state index contributed by atoms with van der Waals surface area (Å²) in [6.07, 6.45) is 3.13. The number of methoxy groups -OCH3 is 1. The molecule has 10 heteroatoms. The number of hydrogen-bond donors (Lipinski definition) is 1. The van der Waals surface area contributed by atoms with Crippen LogP contribution in [0.25, 0.3) is 11.0 Å².